The number of anilines is 1. The highest BCUT2D eigenvalue weighted by molar-refractivity contribution is 5.45. The Morgan fingerprint density at radius 1 is 0.750 bits per heavy atom. The zero-order valence-corrected chi connectivity index (χ0v) is 14.3. The molecule has 0 aliphatic heterocycles. The number of nitrogens with one attached hydrogen (secondary N) is 1. The molecule has 24 heavy (non-hydrogen) atoms. The van der Waals surface area contributed by atoms with Crippen molar-refractivity contribution in [2.75, 3.05) is 5.32 Å². The molecule has 0 aromatic heterocycles. The Morgan fingerprint density at radius 3 is 2.12 bits per heavy atom. The van der Waals surface area contributed by atoms with Gasteiger partial charge < -0.3 is 10.1 Å². The van der Waals surface area contributed by atoms with Crippen LogP contribution in [0.1, 0.15) is 22.3 Å². The summed E-state index contributed by atoms with van der Waals surface area (Å²) in [6.45, 7) is 5.56. The van der Waals surface area contributed by atoms with Crippen molar-refractivity contribution < 1.29 is 4.74 Å². The maximum absolute atomic E-state index is 5.91. The molecule has 2 nitrogen and oxygen atoms in total. The summed E-state index contributed by atoms with van der Waals surface area (Å²) in [5.74, 6) is 0.902. The molecule has 3 aromatic rings. The molecule has 0 radical (unpaired) electrons. The molecule has 0 amide bonds. The number of rotatable bonds is 6. The van der Waals surface area contributed by atoms with E-state index in [1.165, 1.54) is 22.3 Å². The van der Waals surface area contributed by atoms with Gasteiger partial charge in [0.05, 0.1) is 0 Å². The van der Waals surface area contributed by atoms with Crippen molar-refractivity contribution in [1.82, 2.24) is 0 Å². The number of hydrogen-bond donors (Lipinski definition) is 1. The first-order chi connectivity index (χ1) is 11.7. The molecule has 0 spiro atoms. The van der Waals surface area contributed by atoms with E-state index in [1.54, 1.807) is 0 Å². The van der Waals surface area contributed by atoms with Gasteiger partial charge in [-0.1, -0.05) is 59.7 Å². The summed E-state index contributed by atoms with van der Waals surface area (Å²) in [5, 5.41) is 3.44. The Morgan fingerprint density at radius 2 is 1.42 bits per heavy atom. The van der Waals surface area contributed by atoms with Gasteiger partial charge in [-0.05, 0) is 49.2 Å². The average molecular weight is 317 g/mol. The second-order valence-corrected chi connectivity index (χ2v) is 6.14. The SMILES string of the molecule is Cc1ccc(COc2cccc(CNc3ccc(C)cc3)c2)cc1. The number of benzene rings is 3. The maximum atomic E-state index is 5.91. The molecular weight excluding hydrogens is 294 g/mol. The minimum Gasteiger partial charge on any atom is -0.489 e. The normalized spacial score (nSPS) is 10.4. The van der Waals surface area contributed by atoms with Gasteiger partial charge >= 0.3 is 0 Å². The second kappa shape index (κ2) is 7.69. The summed E-state index contributed by atoms with van der Waals surface area (Å²) in [4.78, 5) is 0. The molecular formula is C22H23NO. The summed E-state index contributed by atoms with van der Waals surface area (Å²) in [5.41, 5.74) is 6.06. The van der Waals surface area contributed by atoms with Crippen LogP contribution in [0.4, 0.5) is 5.69 Å². The molecule has 0 unspecified atom stereocenters. The Balaban J connectivity index is 1.57. The number of ether oxygens (including phenoxy) is 1. The number of hydrogen-bond acceptors (Lipinski definition) is 2. The van der Waals surface area contributed by atoms with Gasteiger partial charge in [0, 0.05) is 12.2 Å². The van der Waals surface area contributed by atoms with E-state index in [-0.39, 0.29) is 0 Å². The third-order valence-electron chi connectivity index (χ3n) is 3.97. The molecule has 0 saturated heterocycles. The summed E-state index contributed by atoms with van der Waals surface area (Å²) < 4.78 is 5.91. The van der Waals surface area contributed by atoms with Crippen molar-refractivity contribution in [3.8, 4) is 5.75 Å². The van der Waals surface area contributed by atoms with E-state index in [9.17, 15) is 0 Å². The summed E-state index contributed by atoms with van der Waals surface area (Å²) in [7, 11) is 0. The van der Waals surface area contributed by atoms with E-state index in [2.05, 4.69) is 79.8 Å². The van der Waals surface area contributed by atoms with Crippen LogP contribution in [0.5, 0.6) is 5.75 Å². The molecule has 0 saturated carbocycles. The van der Waals surface area contributed by atoms with E-state index in [0.29, 0.717) is 6.61 Å². The van der Waals surface area contributed by atoms with Crippen molar-refractivity contribution in [2.24, 2.45) is 0 Å². The fourth-order valence-corrected chi connectivity index (χ4v) is 2.47. The fourth-order valence-electron chi connectivity index (χ4n) is 2.47. The maximum Gasteiger partial charge on any atom is 0.120 e. The molecule has 122 valence electrons. The predicted octanol–water partition coefficient (Wildman–Crippen LogP) is 5.49. The lowest BCUT2D eigenvalue weighted by Gasteiger charge is -2.10. The minimum atomic E-state index is 0.592. The van der Waals surface area contributed by atoms with Gasteiger partial charge in [0.25, 0.3) is 0 Å². The Bertz CT molecular complexity index is 711. The quantitative estimate of drug-likeness (QED) is 0.648. The topological polar surface area (TPSA) is 21.3 Å². The van der Waals surface area contributed by atoms with E-state index in [1.807, 2.05) is 12.1 Å². The molecule has 0 heterocycles. The Labute approximate surface area is 144 Å². The van der Waals surface area contributed by atoms with Gasteiger partial charge in [-0.2, -0.15) is 0 Å². The van der Waals surface area contributed by atoms with Gasteiger partial charge in [0.1, 0.15) is 12.4 Å². The first kappa shape index (κ1) is 16.1. The van der Waals surface area contributed by atoms with E-state index >= 15 is 0 Å². The fraction of sp³-hybridized carbons (Fsp3) is 0.182. The van der Waals surface area contributed by atoms with Crippen LogP contribution < -0.4 is 10.1 Å². The first-order valence-electron chi connectivity index (χ1n) is 8.27. The van der Waals surface area contributed by atoms with Crippen molar-refractivity contribution in [3.63, 3.8) is 0 Å². The van der Waals surface area contributed by atoms with Crippen LogP contribution in [0.3, 0.4) is 0 Å². The van der Waals surface area contributed by atoms with Crippen LogP contribution >= 0.6 is 0 Å². The van der Waals surface area contributed by atoms with Crippen LogP contribution in [-0.2, 0) is 13.2 Å². The Kier molecular flexibility index (Phi) is 5.17. The number of aryl methyl sites for hydroxylation is 2. The molecule has 0 atom stereocenters. The molecule has 1 N–H and O–H groups in total. The average Bonchev–Trinajstić information content (AvgIpc) is 2.61. The van der Waals surface area contributed by atoms with Crippen molar-refractivity contribution >= 4 is 5.69 Å². The smallest absolute Gasteiger partial charge is 0.120 e. The lowest BCUT2D eigenvalue weighted by Crippen LogP contribution is -2.00. The highest BCUT2D eigenvalue weighted by Gasteiger charge is 1.99. The van der Waals surface area contributed by atoms with E-state index in [4.69, 9.17) is 4.74 Å². The van der Waals surface area contributed by atoms with Gasteiger partial charge in [-0.15, -0.1) is 0 Å². The standard InChI is InChI=1S/C22H23NO/c1-17-6-10-19(11-7-17)16-24-22-5-3-4-20(14-22)15-23-21-12-8-18(2)9-13-21/h3-14,23H,15-16H2,1-2H3. The zero-order chi connectivity index (χ0) is 16.8. The van der Waals surface area contributed by atoms with Crippen LogP contribution in [0.25, 0.3) is 0 Å². The summed E-state index contributed by atoms with van der Waals surface area (Å²) >= 11 is 0. The molecule has 2 heteroatoms. The summed E-state index contributed by atoms with van der Waals surface area (Å²) in [6.07, 6.45) is 0. The second-order valence-electron chi connectivity index (χ2n) is 6.14. The first-order valence-corrected chi connectivity index (χ1v) is 8.27. The highest BCUT2D eigenvalue weighted by Crippen LogP contribution is 2.17. The Hall–Kier alpha value is -2.74. The van der Waals surface area contributed by atoms with Gasteiger partial charge in [0.2, 0.25) is 0 Å². The lowest BCUT2D eigenvalue weighted by molar-refractivity contribution is 0.306. The third-order valence-corrected chi connectivity index (χ3v) is 3.97. The van der Waals surface area contributed by atoms with Crippen LogP contribution in [-0.4, -0.2) is 0 Å². The molecule has 0 fully saturated rings. The third kappa shape index (κ3) is 4.63. The van der Waals surface area contributed by atoms with Gasteiger partial charge in [0.15, 0.2) is 0 Å². The van der Waals surface area contributed by atoms with Crippen LogP contribution in [0.15, 0.2) is 72.8 Å². The molecule has 3 aromatic carbocycles. The monoisotopic (exact) mass is 317 g/mol. The molecule has 3 rings (SSSR count). The minimum absolute atomic E-state index is 0.592. The van der Waals surface area contributed by atoms with Crippen molar-refractivity contribution in [1.29, 1.82) is 0 Å². The molecule has 0 aliphatic rings. The predicted molar refractivity (Wildman–Crippen MR) is 100 cm³/mol. The van der Waals surface area contributed by atoms with E-state index in [0.717, 1.165) is 18.0 Å². The molecule has 0 aliphatic carbocycles. The van der Waals surface area contributed by atoms with Crippen molar-refractivity contribution in [3.05, 3.63) is 95.1 Å². The van der Waals surface area contributed by atoms with Gasteiger partial charge in [-0.25, -0.2) is 0 Å². The summed E-state index contributed by atoms with van der Waals surface area (Å²) in [6, 6.07) is 25.1. The highest BCUT2D eigenvalue weighted by atomic mass is 16.5. The lowest BCUT2D eigenvalue weighted by atomic mass is 10.1. The largest absolute Gasteiger partial charge is 0.489 e. The van der Waals surface area contributed by atoms with E-state index < -0.39 is 0 Å². The zero-order valence-electron chi connectivity index (χ0n) is 14.3. The van der Waals surface area contributed by atoms with Crippen molar-refractivity contribution in [2.45, 2.75) is 27.0 Å². The molecule has 0 bridgehead atoms. The van der Waals surface area contributed by atoms with Crippen LogP contribution in [0, 0.1) is 13.8 Å². The van der Waals surface area contributed by atoms with Gasteiger partial charge in [-0.3, -0.25) is 0 Å². The van der Waals surface area contributed by atoms with Crippen LogP contribution in [0.2, 0.25) is 0 Å².